The van der Waals surface area contributed by atoms with Crippen molar-refractivity contribution in [2.75, 3.05) is 23.0 Å². The molecule has 3 aromatic rings. The number of nitrogens with zero attached hydrogens (tertiary/aromatic N) is 2. The van der Waals surface area contributed by atoms with Crippen molar-refractivity contribution in [1.29, 1.82) is 0 Å². The van der Waals surface area contributed by atoms with Crippen LogP contribution in [0.4, 0.5) is 11.5 Å². The Morgan fingerprint density at radius 2 is 2.07 bits per heavy atom. The number of carbonyl (C=O) groups is 1. The van der Waals surface area contributed by atoms with Gasteiger partial charge in [-0.2, -0.15) is 0 Å². The molecule has 1 amide bonds. The second-order valence-electron chi connectivity index (χ2n) is 6.70. The molecule has 1 aliphatic heterocycles. The molecule has 0 bridgehead atoms. The molecular formula is C20H19N3O3S2. The number of aromatic nitrogens is 1. The molecular weight excluding hydrogens is 394 g/mol. The maximum absolute atomic E-state index is 12.4. The summed E-state index contributed by atoms with van der Waals surface area (Å²) in [5.41, 5.74) is 2.20. The van der Waals surface area contributed by atoms with Crippen molar-refractivity contribution < 1.29 is 13.2 Å². The quantitative estimate of drug-likeness (QED) is 0.709. The van der Waals surface area contributed by atoms with Crippen LogP contribution in [0.15, 0.2) is 58.9 Å². The van der Waals surface area contributed by atoms with Gasteiger partial charge in [-0.05, 0) is 53.8 Å². The number of benzene rings is 1. The number of amides is 1. The smallest absolute Gasteiger partial charge is 0.255 e. The lowest BCUT2D eigenvalue weighted by atomic mass is 10.1. The van der Waals surface area contributed by atoms with Gasteiger partial charge in [0.05, 0.1) is 16.8 Å². The Bertz CT molecular complexity index is 1120. The molecule has 144 valence electrons. The number of carbonyl (C=O) groups excluding carboxylic acids is 1. The maximum atomic E-state index is 12.4. The summed E-state index contributed by atoms with van der Waals surface area (Å²) in [5, 5.41) is 4.89. The van der Waals surface area contributed by atoms with E-state index in [1.165, 1.54) is 22.6 Å². The van der Waals surface area contributed by atoms with Crippen molar-refractivity contribution in [3.63, 3.8) is 0 Å². The molecule has 0 fully saturated rings. The van der Waals surface area contributed by atoms with E-state index in [0.29, 0.717) is 5.69 Å². The summed E-state index contributed by atoms with van der Waals surface area (Å²) in [6, 6.07) is 11.8. The van der Waals surface area contributed by atoms with Crippen molar-refractivity contribution in [1.82, 2.24) is 4.98 Å². The van der Waals surface area contributed by atoms with Crippen LogP contribution in [-0.4, -0.2) is 32.1 Å². The number of hydrogen-bond acceptors (Lipinski definition) is 6. The Balaban J connectivity index is 1.46. The van der Waals surface area contributed by atoms with E-state index in [0.717, 1.165) is 31.6 Å². The zero-order valence-corrected chi connectivity index (χ0v) is 16.9. The molecule has 1 N–H and O–H groups in total. The van der Waals surface area contributed by atoms with Gasteiger partial charge < -0.3 is 10.2 Å². The Kier molecular flexibility index (Phi) is 4.91. The van der Waals surface area contributed by atoms with Crippen molar-refractivity contribution in [3.05, 3.63) is 70.0 Å². The van der Waals surface area contributed by atoms with Crippen LogP contribution in [0.1, 0.15) is 20.8 Å². The molecule has 0 saturated carbocycles. The van der Waals surface area contributed by atoms with Crippen LogP contribution in [-0.2, 0) is 22.8 Å². The normalized spacial score (nSPS) is 13.8. The second-order valence-corrected chi connectivity index (χ2v) is 9.72. The average molecular weight is 414 g/mol. The van der Waals surface area contributed by atoms with Gasteiger partial charge in [-0.1, -0.05) is 6.07 Å². The second kappa shape index (κ2) is 7.37. The van der Waals surface area contributed by atoms with E-state index in [-0.39, 0.29) is 16.4 Å². The predicted molar refractivity (Wildman–Crippen MR) is 111 cm³/mol. The summed E-state index contributed by atoms with van der Waals surface area (Å²) in [5.74, 6) is 0.495. The van der Waals surface area contributed by atoms with E-state index in [1.807, 2.05) is 12.1 Å². The van der Waals surface area contributed by atoms with Crippen LogP contribution in [0.5, 0.6) is 0 Å². The SMILES string of the molecule is CS(=O)(=O)c1cccc(C(=O)Nc2ccc(N3CCc4sccc4C3)nc2)c1. The molecule has 28 heavy (non-hydrogen) atoms. The standard InChI is InChI=1S/C20H19N3O3S2/c1-28(25,26)17-4-2-3-14(11-17)20(24)22-16-5-6-19(21-12-16)23-9-7-18-15(13-23)8-10-27-18/h2-6,8,10-12H,7,9,13H2,1H3,(H,22,24). The molecule has 1 aromatic carbocycles. The molecule has 0 radical (unpaired) electrons. The number of fused-ring (bicyclic) bond motifs is 1. The van der Waals surface area contributed by atoms with Gasteiger partial charge >= 0.3 is 0 Å². The number of anilines is 2. The number of pyridine rings is 1. The molecule has 4 rings (SSSR count). The van der Waals surface area contributed by atoms with Crippen molar-refractivity contribution in [2.45, 2.75) is 17.9 Å². The minimum absolute atomic E-state index is 0.117. The highest BCUT2D eigenvalue weighted by Crippen LogP contribution is 2.27. The molecule has 0 saturated heterocycles. The summed E-state index contributed by atoms with van der Waals surface area (Å²) in [6.07, 6.45) is 3.76. The monoisotopic (exact) mass is 413 g/mol. The van der Waals surface area contributed by atoms with Gasteiger partial charge in [0, 0.05) is 29.8 Å². The minimum atomic E-state index is -3.36. The third kappa shape index (κ3) is 3.93. The van der Waals surface area contributed by atoms with Crippen LogP contribution in [0.3, 0.4) is 0 Å². The van der Waals surface area contributed by atoms with Gasteiger partial charge in [0.2, 0.25) is 0 Å². The van der Waals surface area contributed by atoms with E-state index in [4.69, 9.17) is 0 Å². The van der Waals surface area contributed by atoms with Crippen LogP contribution in [0.2, 0.25) is 0 Å². The van der Waals surface area contributed by atoms with E-state index >= 15 is 0 Å². The number of rotatable bonds is 4. The first kappa shape index (κ1) is 18.6. The van der Waals surface area contributed by atoms with Crippen molar-refractivity contribution in [2.24, 2.45) is 0 Å². The van der Waals surface area contributed by atoms with Crippen LogP contribution >= 0.6 is 11.3 Å². The highest BCUT2D eigenvalue weighted by Gasteiger charge is 2.18. The first-order valence-electron chi connectivity index (χ1n) is 8.78. The largest absolute Gasteiger partial charge is 0.352 e. The van der Waals surface area contributed by atoms with Gasteiger partial charge in [-0.3, -0.25) is 4.79 Å². The summed E-state index contributed by atoms with van der Waals surface area (Å²) in [4.78, 5) is 20.7. The highest BCUT2D eigenvalue weighted by molar-refractivity contribution is 7.90. The van der Waals surface area contributed by atoms with Crippen LogP contribution in [0, 0.1) is 0 Å². The summed E-state index contributed by atoms with van der Waals surface area (Å²) in [6.45, 7) is 1.76. The third-order valence-corrected chi connectivity index (χ3v) is 6.80. The average Bonchev–Trinajstić information content (AvgIpc) is 3.16. The van der Waals surface area contributed by atoms with E-state index < -0.39 is 9.84 Å². The molecule has 3 heterocycles. The number of sulfone groups is 1. The predicted octanol–water partition coefficient (Wildman–Crippen LogP) is 3.36. The lowest BCUT2D eigenvalue weighted by Crippen LogP contribution is -2.30. The Morgan fingerprint density at radius 1 is 1.21 bits per heavy atom. The maximum Gasteiger partial charge on any atom is 0.255 e. The van der Waals surface area contributed by atoms with Gasteiger partial charge in [-0.15, -0.1) is 11.3 Å². The van der Waals surface area contributed by atoms with Gasteiger partial charge in [-0.25, -0.2) is 13.4 Å². The van der Waals surface area contributed by atoms with Crippen LogP contribution in [0.25, 0.3) is 0 Å². The number of thiophene rings is 1. The molecule has 0 atom stereocenters. The van der Waals surface area contributed by atoms with Crippen molar-refractivity contribution in [3.8, 4) is 0 Å². The lowest BCUT2D eigenvalue weighted by Gasteiger charge is -2.28. The Hall–Kier alpha value is -2.71. The Morgan fingerprint density at radius 3 is 2.82 bits per heavy atom. The number of hydrogen-bond donors (Lipinski definition) is 1. The van der Waals surface area contributed by atoms with E-state index in [2.05, 4.69) is 26.6 Å². The number of nitrogens with one attached hydrogen (secondary N) is 1. The van der Waals surface area contributed by atoms with E-state index in [1.54, 1.807) is 29.7 Å². The van der Waals surface area contributed by atoms with Gasteiger partial charge in [0.25, 0.3) is 5.91 Å². The molecule has 0 unspecified atom stereocenters. The molecule has 1 aliphatic rings. The van der Waals surface area contributed by atoms with Crippen LogP contribution < -0.4 is 10.2 Å². The molecule has 2 aromatic heterocycles. The first-order valence-corrected chi connectivity index (χ1v) is 11.5. The lowest BCUT2D eigenvalue weighted by molar-refractivity contribution is 0.102. The third-order valence-electron chi connectivity index (χ3n) is 4.66. The molecule has 0 spiro atoms. The zero-order chi connectivity index (χ0) is 19.7. The Labute approximate surface area is 167 Å². The van der Waals surface area contributed by atoms with Crippen molar-refractivity contribution >= 4 is 38.6 Å². The molecule has 8 heteroatoms. The summed E-state index contributed by atoms with van der Waals surface area (Å²) >= 11 is 1.80. The van der Waals surface area contributed by atoms with Gasteiger partial charge in [0.15, 0.2) is 9.84 Å². The topological polar surface area (TPSA) is 79.4 Å². The zero-order valence-electron chi connectivity index (χ0n) is 15.3. The molecule has 6 nitrogen and oxygen atoms in total. The van der Waals surface area contributed by atoms with Gasteiger partial charge in [0.1, 0.15) is 5.82 Å². The fraction of sp³-hybridized carbons (Fsp3) is 0.200. The fourth-order valence-electron chi connectivity index (χ4n) is 3.16. The fourth-order valence-corrected chi connectivity index (χ4v) is 4.72. The van der Waals surface area contributed by atoms with E-state index in [9.17, 15) is 13.2 Å². The summed E-state index contributed by atoms with van der Waals surface area (Å²) in [7, 11) is -3.36. The molecule has 0 aliphatic carbocycles. The summed E-state index contributed by atoms with van der Waals surface area (Å²) < 4.78 is 23.3. The minimum Gasteiger partial charge on any atom is -0.352 e. The first-order chi connectivity index (χ1) is 13.4. The highest BCUT2D eigenvalue weighted by atomic mass is 32.2.